The van der Waals surface area contributed by atoms with Gasteiger partial charge in [-0.05, 0) is 36.5 Å². The first-order valence-electron chi connectivity index (χ1n) is 10.1. The Morgan fingerprint density at radius 3 is 2.20 bits per heavy atom. The molecule has 0 N–H and O–H groups in total. The highest BCUT2D eigenvalue weighted by molar-refractivity contribution is 6.04. The van der Waals surface area contributed by atoms with Crippen LogP contribution in [0.4, 0.5) is 0 Å². The van der Waals surface area contributed by atoms with E-state index >= 15 is 0 Å². The van der Waals surface area contributed by atoms with Gasteiger partial charge >= 0.3 is 11.4 Å². The summed E-state index contributed by atoms with van der Waals surface area (Å²) < 4.78 is 4.09. The number of aromatic nitrogens is 3. The van der Waals surface area contributed by atoms with E-state index in [4.69, 9.17) is 0 Å². The molecular weight excluding hydrogens is 378 g/mol. The van der Waals surface area contributed by atoms with Crippen LogP contribution in [-0.2, 0) is 4.79 Å². The first-order chi connectivity index (χ1) is 14.3. The van der Waals surface area contributed by atoms with Crippen LogP contribution in [0.15, 0.2) is 69.8 Å². The minimum Gasteiger partial charge on any atom is -0.294 e. The molecule has 2 aromatic carbocycles. The number of fused-ring (bicyclic) bond motifs is 2. The van der Waals surface area contributed by atoms with Crippen LogP contribution in [0.5, 0.6) is 0 Å². The number of aryl methyl sites for hydroxylation is 1. The predicted molar refractivity (Wildman–Crippen MR) is 115 cm³/mol. The lowest BCUT2D eigenvalue weighted by Gasteiger charge is -2.30. The first kappa shape index (κ1) is 18.6. The van der Waals surface area contributed by atoms with Gasteiger partial charge in [-0.25, -0.2) is 23.5 Å². The van der Waals surface area contributed by atoms with E-state index in [-0.39, 0.29) is 11.2 Å². The zero-order chi connectivity index (χ0) is 21.2. The van der Waals surface area contributed by atoms with Gasteiger partial charge in [0.25, 0.3) is 0 Å². The van der Waals surface area contributed by atoms with E-state index < -0.39 is 17.4 Å². The lowest BCUT2D eigenvalue weighted by Crippen LogP contribution is -2.33. The zero-order valence-electron chi connectivity index (χ0n) is 17.3. The fourth-order valence-corrected chi connectivity index (χ4v) is 4.71. The Morgan fingerprint density at radius 2 is 1.53 bits per heavy atom. The average Bonchev–Trinajstić information content (AvgIpc) is 3.16. The second-order valence-corrected chi connectivity index (χ2v) is 9.01. The standard InChI is InChI=1S/C24H23N3O3/c1-15-9-11-16(12-10-15)21-20-18(13-24(2,3)14-19(20)28)26-22(29)25(23(30)27(21)26)17-7-5-4-6-8-17/h4-12,21H,13-14H2,1-3H3. The molecule has 0 fully saturated rings. The molecule has 0 saturated heterocycles. The van der Waals surface area contributed by atoms with Gasteiger partial charge in [-0.2, -0.15) is 0 Å². The fourth-order valence-electron chi connectivity index (χ4n) is 4.71. The summed E-state index contributed by atoms with van der Waals surface area (Å²) in [6.07, 6.45) is 0.967. The van der Waals surface area contributed by atoms with Gasteiger partial charge in [0.15, 0.2) is 5.78 Å². The molecule has 30 heavy (non-hydrogen) atoms. The number of allylic oxidation sites excluding steroid dienone is 2. The molecule has 6 nitrogen and oxygen atoms in total. The van der Waals surface area contributed by atoms with Crippen LogP contribution in [0.1, 0.15) is 43.9 Å². The Hall–Kier alpha value is -3.41. The summed E-state index contributed by atoms with van der Waals surface area (Å²) in [5.74, 6) is 0.00749. The van der Waals surface area contributed by atoms with E-state index in [1.165, 1.54) is 13.9 Å². The van der Waals surface area contributed by atoms with E-state index in [1.807, 2.05) is 51.1 Å². The Morgan fingerprint density at radius 1 is 0.867 bits per heavy atom. The molecule has 0 spiro atoms. The van der Waals surface area contributed by atoms with Crippen molar-refractivity contribution in [2.24, 2.45) is 5.41 Å². The van der Waals surface area contributed by atoms with Gasteiger partial charge < -0.3 is 0 Å². The summed E-state index contributed by atoms with van der Waals surface area (Å²) in [5.41, 5.74) is 2.54. The normalized spacial score (nSPS) is 19.7. The van der Waals surface area contributed by atoms with Gasteiger partial charge in [-0.3, -0.25) is 4.79 Å². The molecule has 2 aliphatic rings. The van der Waals surface area contributed by atoms with Crippen molar-refractivity contribution in [3.63, 3.8) is 0 Å². The number of nitrogens with zero attached hydrogens (tertiary/aromatic N) is 3. The molecule has 1 aromatic heterocycles. The number of hydrogen-bond donors (Lipinski definition) is 0. The quantitative estimate of drug-likeness (QED) is 0.662. The third-order valence-corrected chi connectivity index (χ3v) is 6.05. The Kier molecular flexibility index (Phi) is 3.90. The van der Waals surface area contributed by atoms with Gasteiger partial charge in [-0.1, -0.05) is 61.9 Å². The molecule has 2 heterocycles. The molecular formula is C24H23N3O3. The van der Waals surface area contributed by atoms with Crippen LogP contribution < -0.4 is 11.4 Å². The molecule has 152 valence electrons. The van der Waals surface area contributed by atoms with Crippen molar-refractivity contribution < 1.29 is 4.79 Å². The van der Waals surface area contributed by atoms with Crippen molar-refractivity contribution in [2.45, 2.75) is 39.7 Å². The SMILES string of the molecule is Cc1ccc(C2C3=C(CC(C)(C)CC3=O)n3c(=O)n(-c4ccccc4)c(=O)n32)cc1. The van der Waals surface area contributed by atoms with E-state index in [2.05, 4.69) is 0 Å². The molecule has 0 bridgehead atoms. The Bertz CT molecular complexity index is 1320. The van der Waals surface area contributed by atoms with Crippen molar-refractivity contribution in [1.82, 2.24) is 13.9 Å². The molecule has 0 amide bonds. The van der Waals surface area contributed by atoms with Crippen molar-refractivity contribution in [3.8, 4) is 5.69 Å². The largest absolute Gasteiger partial charge is 0.356 e. The number of carbonyl (C=O) groups is 1. The third kappa shape index (κ3) is 2.60. The van der Waals surface area contributed by atoms with Gasteiger partial charge in [0.1, 0.15) is 6.04 Å². The number of Topliss-reactive ketones (excluding diaryl/α,β-unsaturated/α-hetero) is 1. The van der Waals surface area contributed by atoms with Crippen LogP contribution in [0.3, 0.4) is 0 Å². The number of benzene rings is 2. The first-order valence-corrected chi connectivity index (χ1v) is 10.1. The van der Waals surface area contributed by atoms with Crippen LogP contribution >= 0.6 is 0 Å². The van der Waals surface area contributed by atoms with Crippen LogP contribution in [0.25, 0.3) is 11.4 Å². The average molecular weight is 401 g/mol. The number of hydrogen-bond acceptors (Lipinski definition) is 3. The smallest absolute Gasteiger partial charge is 0.294 e. The topological polar surface area (TPSA) is 66.0 Å². The molecule has 3 aromatic rings. The zero-order valence-corrected chi connectivity index (χ0v) is 17.3. The van der Waals surface area contributed by atoms with Gasteiger partial charge in [0.05, 0.1) is 11.4 Å². The van der Waals surface area contributed by atoms with Crippen LogP contribution in [0, 0.1) is 12.3 Å². The second kappa shape index (κ2) is 6.29. The van der Waals surface area contributed by atoms with Gasteiger partial charge in [-0.15, -0.1) is 0 Å². The molecule has 1 aliphatic heterocycles. The number of rotatable bonds is 2. The minimum absolute atomic E-state index is 0.00749. The lowest BCUT2D eigenvalue weighted by molar-refractivity contribution is -0.118. The summed E-state index contributed by atoms with van der Waals surface area (Å²) in [5, 5.41) is 0. The van der Waals surface area contributed by atoms with E-state index in [0.717, 1.165) is 11.1 Å². The maximum absolute atomic E-state index is 13.5. The second-order valence-electron chi connectivity index (χ2n) is 9.01. The highest BCUT2D eigenvalue weighted by Crippen LogP contribution is 2.46. The molecule has 0 saturated carbocycles. The van der Waals surface area contributed by atoms with Crippen molar-refractivity contribution >= 4 is 11.5 Å². The van der Waals surface area contributed by atoms with Crippen molar-refractivity contribution in [1.29, 1.82) is 0 Å². The monoisotopic (exact) mass is 401 g/mol. The molecule has 1 atom stereocenters. The Labute approximate surface area is 173 Å². The van der Waals surface area contributed by atoms with E-state index in [0.29, 0.717) is 29.8 Å². The summed E-state index contributed by atoms with van der Waals surface area (Å²) in [6, 6.07) is 16.1. The predicted octanol–water partition coefficient (Wildman–Crippen LogP) is 3.31. The fraction of sp³-hybridized carbons (Fsp3) is 0.292. The van der Waals surface area contributed by atoms with Gasteiger partial charge in [0.2, 0.25) is 0 Å². The molecule has 6 heteroatoms. The van der Waals surface area contributed by atoms with E-state index in [9.17, 15) is 14.4 Å². The molecule has 1 unspecified atom stereocenters. The number of ketones is 1. The lowest BCUT2D eigenvalue weighted by atomic mass is 9.74. The summed E-state index contributed by atoms with van der Waals surface area (Å²) >= 11 is 0. The maximum Gasteiger partial charge on any atom is 0.356 e. The molecule has 0 radical (unpaired) electrons. The third-order valence-electron chi connectivity index (χ3n) is 6.05. The van der Waals surface area contributed by atoms with E-state index in [1.54, 1.807) is 24.3 Å². The summed E-state index contributed by atoms with van der Waals surface area (Å²) in [4.78, 5) is 40.1. The Balaban J connectivity index is 1.83. The van der Waals surface area contributed by atoms with Crippen molar-refractivity contribution in [3.05, 3.63) is 92.3 Å². The summed E-state index contributed by atoms with van der Waals surface area (Å²) in [7, 11) is 0. The highest BCUT2D eigenvalue weighted by atomic mass is 16.2. The van der Waals surface area contributed by atoms with Crippen LogP contribution in [-0.4, -0.2) is 19.7 Å². The highest BCUT2D eigenvalue weighted by Gasteiger charge is 2.45. The van der Waals surface area contributed by atoms with Crippen LogP contribution in [0.2, 0.25) is 0 Å². The van der Waals surface area contributed by atoms with Crippen molar-refractivity contribution in [2.75, 3.05) is 0 Å². The van der Waals surface area contributed by atoms with Gasteiger partial charge in [0, 0.05) is 12.0 Å². The number of para-hydroxylation sites is 1. The summed E-state index contributed by atoms with van der Waals surface area (Å²) in [6.45, 7) is 6.04. The molecule has 5 rings (SSSR count). The number of carbonyl (C=O) groups excluding carboxylic acids is 1. The maximum atomic E-state index is 13.5. The minimum atomic E-state index is -0.589. The molecule has 1 aliphatic carbocycles.